The van der Waals surface area contributed by atoms with Crippen LogP contribution >= 0.6 is 11.3 Å². The average Bonchev–Trinajstić information content (AvgIpc) is 2.98. The van der Waals surface area contributed by atoms with Gasteiger partial charge in [-0.1, -0.05) is 37.3 Å². The number of carbonyl (C=O) groups excluding carboxylic acids is 1. The number of nitrogens with one attached hydrogen (secondary N) is 3. The summed E-state index contributed by atoms with van der Waals surface area (Å²) in [6.45, 7) is 4.18. The van der Waals surface area contributed by atoms with Gasteiger partial charge in [-0.05, 0) is 24.5 Å². The summed E-state index contributed by atoms with van der Waals surface area (Å²) in [4.78, 5) is 25.4. The number of aromatic nitrogens is 3. The first kappa shape index (κ1) is 15.8. The van der Waals surface area contributed by atoms with Crippen molar-refractivity contribution in [2.24, 2.45) is 5.92 Å². The number of thiazole rings is 1. The van der Waals surface area contributed by atoms with Crippen LogP contribution in [0.25, 0.3) is 10.2 Å². The highest BCUT2D eigenvalue weighted by Gasteiger charge is 2.29. The molecule has 1 aliphatic heterocycles. The van der Waals surface area contributed by atoms with Crippen LogP contribution < -0.4 is 16.0 Å². The summed E-state index contributed by atoms with van der Waals surface area (Å²) in [6, 6.07) is 7.64. The van der Waals surface area contributed by atoms with Gasteiger partial charge in [0.05, 0.1) is 10.2 Å². The minimum atomic E-state index is -0.280. The Hall–Kier alpha value is -2.74. The fraction of sp³-hybridized carbons (Fsp3) is 0.294. The standard InChI is InChI=1S/C17H18N6OS/c1-9(2)7-11-16(24)22-13-14(20-11)18-8-19-15(13)23-17-21-10-5-3-4-6-12(10)25-17/h3-6,8-9,11H,7H2,1-2H3,(H,22,24)(H2,18,19,20,21,23). The second-order valence-electron chi connectivity index (χ2n) is 6.37. The Labute approximate surface area is 148 Å². The third kappa shape index (κ3) is 3.12. The van der Waals surface area contributed by atoms with Crippen molar-refractivity contribution in [3.63, 3.8) is 0 Å². The van der Waals surface area contributed by atoms with Gasteiger partial charge in [-0.25, -0.2) is 15.0 Å². The molecule has 0 bridgehead atoms. The fourth-order valence-corrected chi connectivity index (χ4v) is 3.68. The normalized spacial score (nSPS) is 16.4. The number of nitrogens with zero attached hydrogens (tertiary/aromatic N) is 3. The van der Waals surface area contributed by atoms with Gasteiger partial charge in [0.25, 0.3) is 0 Å². The maximum atomic E-state index is 12.4. The highest BCUT2D eigenvalue weighted by molar-refractivity contribution is 7.22. The monoisotopic (exact) mass is 354 g/mol. The number of amides is 1. The maximum absolute atomic E-state index is 12.4. The summed E-state index contributed by atoms with van der Waals surface area (Å²) >= 11 is 1.54. The molecule has 2 aromatic heterocycles. The number of anilines is 4. The van der Waals surface area contributed by atoms with E-state index < -0.39 is 0 Å². The molecule has 8 heteroatoms. The predicted molar refractivity (Wildman–Crippen MR) is 100 cm³/mol. The van der Waals surface area contributed by atoms with Crippen LogP contribution in [0.15, 0.2) is 30.6 Å². The summed E-state index contributed by atoms with van der Waals surface area (Å²) in [5.41, 5.74) is 1.49. The summed E-state index contributed by atoms with van der Waals surface area (Å²) in [7, 11) is 0. The smallest absolute Gasteiger partial charge is 0.247 e. The summed E-state index contributed by atoms with van der Waals surface area (Å²) in [6.07, 6.45) is 2.22. The van der Waals surface area contributed by atoms with Crippen molar-refractivity contribution >= 4 is 49.9 Å². The van der Waals surface area contributed by atoms with Crippen molar-refractivity contribution in [3.05, 3.63) is 30.6 Å². The van der Waals surface area contributed by atoms with Gasteiger partial charge in [0.1, 0.15) is 18.1 Å². The van der Waals surface area contributed by atoms with Crippen LogP contribution in [0.3, 0.4) is 0 Å². The van der Waals surface area contributed by atoms with E-state index in [-0.39, 0.29) is 11.9 Å². The molecule has 3 aromatic rings. The number of para-hydroxylation sites is 1. The lowest BCUT2D eigenvalue weighted by Crippen LogP contribution is -2.40. The molecule has 0 saturated heterocycles. The molecule has 0 radical (unpaired) electrons. The Bertz CT molecular complexity index is 905. The number of hydrogen-bond donors (Lipinski definition) is 3. The zero-order chi connectivity index (χ0) is 17.4. The van der Waals surface area contributed by atoms with Crippen LogP contribution in [-0.2, 0) is 4.79 Å². The molecule has 1 amide bonds. The van der Waals surface area contributed by atoms with Gasteiger partial charge in [0, 0.05) is 0 Å². The molecule has 4 rings (SSSR count). The zero-order valence-electron chi connectivity index (χ0n) is 13.9. The first-order chi connectivity index (χ1) is 12.1. The van der Waals surface area contributed by atoms with Crippen LogP contribution in [0.5, 0.6) is 0 Å². The Morgan fingerprint density at radius 2 is 2.12 bits per heavy atom. The molecule has 1 atom stereocenters. The molecule has 0 fully saturated rings. The van der Waals surface area contributed by atoms with Crippen molar-refractivity contribution in [2.75, 3.05) is 16.0 Å². The lowest BCUT2D eigenvalue weighted by atomic mass is 10.0. The van der Waals surface area contributed by atoms with E-state index in [0.717, 1.165) is 21.8 Å². The molecule has 3 N–H and O–H groups in total. The number of rotatable bonds is 4. The average molecular weight is 354 g/mol. The fourth-order valence-electron chi connectivity index (χ4n) is 2.81. The van der Waals surface area contributed by atoms with Gasteiger partial charge in [-0.3, -0.25) is 4.79 Å². The summed E-state index contributed by atoms with van der Waals surface area (Å²) in [5, 5.41) is 10.1. The topological polar surface area (TPSA) is 91.8 Å². The van der Waals surface area contributed by atoms with E-state index >= 15 is 0 Å². The summed E-state index contributed by atoms with van der Waals surface area (Å²) in [5.74, 6) is 1.51. The molecule has 3 heterocycles. The molecular weight excluding hydrogens is 336 g/mol. The van der Waals surface area contributed by atoms with Gasteiger partial charge >= 0.3 is 0 Å². The number of fused-ring (bicyclic) bond motifs is 2. The number of benzene rings is 1. The highest BCUT2D eigenvalue weighted by Crippen LogP contribution is 2.35. The highest BCUT2D eigenvalue weighted by atomic mass is 32.1. The third-order valence-corrected chi connectivity index (χ3v) is 4.90. The molecule has 1 aliphatic rings. The second kappa shape index (κ2) is 6.29. The van der Waals surface area contributed by atoms with Gasteiger partial charge in [-0.15, -0.1) is 0 Å². The SMILES string of the molecule is CC(C)CC1Nc2ncnc(Nc3nc4ccccc4s3)c2NC1=O. The van der Waals surface area contributed by atoms with E-state index in [1.54, 1.807) is 0 Å². The number of hydrogen-bond acceptors (Lipinski definition) is 7. The van der Waals surface area contributed by atoms with E-state index in [1.807, 2.05) is 24.3 Å². The number of carbonyl (C=O) groups is 1. The van der Waals surface area contributed by atoms with Gasteiger partial charge < -0.3 is 16.0 Å². The van der Waals surface area contributed by atoms with Gasteiger partial charge in [0.2, 0.25) is 5.91 Å². The third-order valence-electron chi connectivity index (χ3n) is 3.95. The maximum Gasteiger partial charge on any atom is 0.247 e. The Kier molecular flexibility index (Phi) is 3.96. The van der Waals surface area contributed by atoms with E-state index in [2.05, 4.69) is 44.7 Å². The van der Waals surface area contributed by atoms with Crippen molar-refractivity contribution in [2.45, 2.75) is 26.3 Å². The minimum Gasteiger partial charge on any atom is -0.356 e. The summed E-state index contributed by atoms with van der Waals surface area (Å²) < 4.78 is 1.09. The van der Waals surface area contributed by atoms with Gasteiger partial charge in [0.15, 0.2) is 16.8 Å². The molecule has 1 unspecified atom stereocenters. The van der Waals surface area contributed by atoms with Crippen LogP contribution in [-0.4, -0.2) is 26.9 Å². The molecule has 128 valence electrons. The largest absolute Gasteiger partial charge is 0.356 e. The molecule has 1 aromatic carbocycles. The second-order valence-corrected chi connectivity index (χ2v) is 7.40. The van der Waals surface area contributed by atoms with E-state index in [9.17, 15) is 4.79 Å². The lowest BCUT2D eigenvalue weighted by molar-refractivity contribution is -0.117. The van der Waals surface area contributed by atoms with E-state index in [0.29, 0.717) is 23.2 Å². The minimum absolute atomic E-state index is 0.0663. The lowest BCUT2D eigenvalue weighted by Gasteiger charge is -2.27. The van der Waals surface area contributed by atoms with Crippen LogP contribution in [0, 0.1) is 5.92 Å². The van der Waals surface area contributed by atoms with Crippen molar-refractivity contribution in [1.29, 1.82) is 0 Å². The molecule has 0 aliphatic carbocycles. The molecular formula is C17H18N6OS. The quantitative estimate of drug-likeness (QED) is 0.663. The van der Waals surface area contributed by atoms with Gasteiger partial charge in [-0.2, -0.15) is 0 Å². The molecule has 0 saturated carbocycles. The molecule has 7 nitrogen and oxygen atoms in total. The molecule has 25 heavy (non-hydrogen) atoms. The van der Waals surface area contributed by atoms with Crippen molar-refractivity contribution in [3.8, 4) is 0 Å². The predicted octanol–water partition coefficient (Wildman–Crippen LogP) is 3.61. The zero-order valence-corrected chi connectivity index (χ0v) is 14.7. The van der Waals surface area contributed by atoms with Crippen LogP contribution in [0.1, 0.15) is 20.3 Å². The molecule has 0 spiro atoms. The van der Waals surface area contributed by atoms with Crippen LogP contribution in [0.4, 0.5) is 22.5 Å². The van der Waals surface area contributed by atoms with E-state index in [4.69, 9.17) is 0 Å². The Morgan fingerprint density at radius 3 is 2.92 bits per heavy atom. The van der Waals surface area contributed by atoms with Crippen molar-refractivity contribution in [1.82, 2.24) is 15.0 Å². The Balaban J connectivity index is 1.63. The first-order valence-electron chi connectivity index (χ1n) is 8.15. The Morgan fingerprint density at radius 1 is 1.28 bits per heavy atom. The van der Waals surface area contributed by atoms with E-state index in [1.165, 1.54) is 17.7 Å². The first-order valence-corrected chi connectivity index (χ1v) is 8.97. The van der Waals surface area contributed by atoms with Crippen molar-refractivity contribution < 1.29 is 4.79 Å². The van der Waals surface area contributed by atoms with Crippen LogP contribution in [0.2, 0.25) is 0 Å².